The van der Waals surface area contributed by atoms with E-state index >= 15 is 0 Å². The van der Waals surface area contributed by atoms with Crippen LogP contribution < -0.4 is 9.64 Å². The van der Waals surface area contributed by atoms with Crippen molar-refractivity contribution in [3.8, 4) is 5.75 Å². The predicted octanol–water partition coefficient (Wildman–Crippen LogP) is 3.17. The summed E-state index contributed by atoms with van der Waals surface area (Å²) in [5.74, 6) is 1.90. The molecule has 0 spiro atoms. The fraction of sp³-hybridized carbons (Fsp3) is 0.471. The summed E-state index contributed by atoms with van der Waals surface area (Å²) in [6.07, 6.45) is 0.477. The van der Waals surface area contributed by atoms with Gasteiger partial charge in [0.1, 0.15) is 11.6 Å². The lowest BCUT2D eigenvalue weighted by Crippen LogP contribution is -2.45. The van der Waals surface area contributed by atoms with Crippen LogP contribution in [0.3, 0.4) is 0 Å². The predicted molar refractivity (Wildman–Crippen MR) is 85.3 cm³/mol. The highest BCUT2D eigenvalue weighted by Gasteiger charge is 2.23. The van der Waals surface area contributed by atoms with Gasteiger partial charge in [-0.15, -0.1) is 0 Å². The van der Waals surface area contributed by atoms with E-state index < -0.39 is 0 Å². The highest BCUT2D eigenvalue weighted by molar-refractivity contribution is 5.85. The Morgan fingerprint density at radius 1 is 1.19 bits per heavy atom. The Bertz CT molecular complexity index is 647. The van der Waals surface area contributed by atoms with Crippen molar-refractivity contribution in [2.24, 2.45) is 0 Å². The van der Waals surface area contributed by atoms with Gasteiger partial charge in [-0.2, -0.15) is 0 Å². The smallest absolute Gasteiger partial charge is 0.129 e. The molecule has 112 valence electrons. The second-order valence-corrected chi connectivity index (χ2v) is 5.84. The van der Waals surface area contributed by atoms with Crippen LogP contribution in [0.25, 0.3) is 10.9 Å². The molecule has 1 saturated heterocycles. The first-order valence-electron chi connectivity index (χ1n) is 7.42. The van der Waals surface area contributed by atoms with Crippen molar-refractivity contribution in [2.45, 2.75) is 33.0 Å². The van der Waals surface area contributed by atoms with Crippen molar-refractivity contribution in [1.82, 2.24) is 4.98 Å². The van der Waals surface area contributed by atoms with Crippen LogP contribution >= 0.6 is 0 Å². The Morgan fingerprint density at radius 3 is 2.57 bits per heavy atom. The quantitative estimate of drug-likeness (QED) is 0.849. The molecule has 0 bridgehead atoms. The average molecular weight is 286 g/mol. The van der Waals surface area contributed by atoms with E-state index in [4.69, 9.17) is 14.5 Å². The molecule has 0 radical (unpaired) electrons. The Balaban J connectivity index is 2.00. The minimum absolute atomic E-state index is 0.238. The molecule has 0 N–H and O–H groups in total. The molecule has 3 rings (SSSR count). The van der Waals surface area contributed by atoms with Crippen LogP contribution in [-0.4, -0.2) is 37.4 Å². The van der Waals surface area contributed by atoms with Crippen LogP contribution in [0.5, 0.6) is 5.75 Å². The second-order valence-electron chi connectivity index (χ2n) is 5.84. The Labute approximate surface area is 125 Å². The number of morpholine rings is 1. The molecule has 0 aliphatic carbocycles. The van der Waals surface area contributed by atoms with Crippen molar-refractivity contribution >= 4 is 16.7 Å². The molecule has 2 atom stereocenters. The van der Waals surface area contributed by atoms with Crippen LogP contribution in [0.1, 0.15) is 19.4 Å². The molecule has 4 heteroatoms. The molecule has 0 unspecified atom stereocenters. The number of hydrogen-bond acceptors (Lipinski definition) is 4. The minimum Gasteiger partial charge on any atom is -0.497 e. The number of nitrogens with zero attached hydrogens (tertiary/aromatic N) is 2. The zero-order chi connectivity index (χ0) is 15.0. The van der Waals surface area contributed by atoms with Crippen LogP contribution in [0.2, 0.25) is 0 Å². The number of fused-ring (bicyclic) bond motifs is 1. The van der Waals surface area contributed by atoms with Crippen molar-refractivity contribution in [3.05, 3.63) is 29.8 Å². The number of benzene rings is 1. The van der Waals surface area contributed by atoms with Gasteiger partial charge in [0.2, 0.25) is 0 Å². The highest BCUT2D eigenvalue weighted by Crippen LogP contribution is 2.27. The molecule has 21 heavy (non-hydrogen) atoms. The van der Waals surface area contributed by atoms with E-state index in [1.165, 1.54) is 5.56 Å². The van der Waals surface area contributed by atoms with E-state index in [9.17, 15) is 0 Å². The summed E-state index contributed by atoms with van der Waals surface area (Å²) in [5.41, 5.74) is 2.23. The number of hydrogen-bond donors (Lipinski definition) is 0. The monoisotopic (exact) mass is 286 g/mol. The van der Waals surface area contributed by atoms with Gasteiger partial charge >= 0.3 is 0 Å². The molecule has 1 aliphatic rings. The van der Waals surface area contributed by atoms with Gasteiger partial charge in [-0.1, -0.05) is 0 Å². The number of aromatic nitrogens is 1. The zero-order valence-corrected chi connectivity index (χ0v) is 13.1. The fourth-order valence-corrected chi connectivity index (χ4v) is 3.01. The van der Waals surface area contributed by atoms with Gasteiger partial charge in [-0.25, -0.2) is 4.98 Å². The lowest BCUT2D eigenvalue weighted by atomic mass is 10.1. The van der Waals surface area contributed by atoms with Crippen molar-refractivity contribution < 1.29 is 9.47 Å². The summed E-state index contributed by atoms with van der Waals surface area (Å²) in [4.78, 5) is 7.13. The number of pyridine rings is 1. The molecule has 0 saturated carbocycles. The molecule has 2 aromatic rings. The van der Waals surface area contributed by atoms with E-state index in [1.54, 1.807) is 7.11 Å². The standard InChI is InChI=1S/C17H22N2O2/c1-11-7-17(19-9-12(2)21-13(3)10-19)18-16-6-5-14(20-4)8-15(11)16/h5-8,12-13H,9-10H2,1-4H3/t12-,13-/m0/s1. The Kier molecular flexibility index (Phi) is 3.72. The zero-order valence-electron chi connectivity index (χ0n) is 13.1. The summed E-state index contributed by atoms with van der Waals surface area (Å²) < 4.78 is 11.1. The van der Waals surface area contributed by atoms with Crippen LogP contribution in [-0.2, 0) is 4.74 Å². The SMILES string of the molecule is COc1ccc2nc(N3C[C@H](C)O[C@@H](C)C3)cc(C)c2c1. The van der Waals surface area contributed by atoms with E-state index in [2.05, 4.69) is 31.7 Å². The number of methoxy groups -OCH3 is 1. The third-order valence-corrected chi connectivity index (χ3v) is 3.95. The highest BCUT2D eigenvalue weighted by atomic mass is 16.5. The number of anilines is 1. The fourth-order valence-electron chi connectivity index (χ4n) is 3.01. The molecule has 1 aromatic carbocycles. The Morgan fingerprint density at radius 2 is 1.90 bits per heavy atom. The van der Waals surface area contributed by atoms with Gasteiger partial charge in [0.15, 0.2) is 0 Å². The summed E-state index contributed by atoms with van der Waals surface area (Å²) in [7, 11) is 1.69. The van der Waals surface area contributed by atoms with E-state index in [0.29, 0.717) is 0 Å². The van der Waals surface area contributed by atoms with Crippen LogP contribution in [0.15, 0.2) is 24.3 Å². The van der Waals surface area contributed by atoms with Gasteiger partial charge in [0.25, 0.3) is 0 Å². The first-order chi connectivity index (χ1) is 10.1. The first kappa shape index (κ1) is 14.1. The summed E-state index contributed by atoms with van der Waals surface area (Å²) in [6, 6.07) is 8.19. The maximum Gasteiger partial charge on any atom is 0.129 e. The van der Waals surface area contributed by atoms with E-state index in [0.717, 1.165) is 35.6 Å². The molecular weight excluding hydrogens is 264 g/mol. The molecule has 4 nitrogen and oxygen atoms in total. The van der Waals surface area contributed by atoms with E-state index in [-0.39, 0.29) is 12.2 Å². The van der Waals surface area contributed by atoms with E-state index in [1.807, 2.05) is 18.2 Å². The maximum absolute atomic E-state index is 5.80. The lowest BCUT2D eigenvalue weighted by Gasteiger charge is -2.36. The average Bonchev–Trinajstić information content (AvgIpc) is 2.46. The molecule has 2 heterocycles. The Hall–Kier alpha value is -1.81. The molecule has 1 fully saturated rings. The second kappa shape index (κ2) is 5.53. The molecule has 0 amide bonds. The van der Waals surface area contributed by atoms with Gasteiger partial charge in [0, 0.05) is 18.5 Å². The van der Waals surface area contributed by atoms with Gasteiger partial charge in [-0.3, -0.25) is 0 Å². The van der Waals surface area contributed by atoms with Gasteiger partial charge in [-0.05, 0) is 50.6 Å². The minimum atomic E-state index is 0.238. The van der Waals surface area contributed by atoms with Crippen molar-refractivity contribution in [1.29, 1.82) is 0 Å². The number of rotatable bonds is 2. The third-order valence-electron chi connectivity index (χ3n) is 3.95. The first-order valence-corrected chi connectivity index (χ1v) is 7.42. The maximum atomic E-state index is 5.80. The number of ether oxygens (including phenoxy) is 2. The molecular formula is C17H22N2O2. The lowest BCUT2D eigenvalue weighted by molar-refractivity contribution is -0.00544. The summed E-state index contributed by atoms with van der Waals surface area (Å²) in [5, 5.41) is 1.15. The normalized spacial score (nSPS) is 22.6. The molecule has 1 aromatic heterocycles. The van der Waals surface area contributed by atoms with Crippen LogP contribution in [0, 0.1) is 6.92 Å². The van der Waals surface area contributed by atoms with Gasteiger partial charge < -0.3 is 14.4 Å². The van der Waals surface area contributed by atoms with Crippen molar-refractivity contribution in [3.63, 3.8) is 0 Å². The largest absolute Gasteiger partial charge is 0.497 e. The topological polar surface area (TPSA) is 34.6 Å². The van der Waals surface area contributed by atoms with Crippen molar-refractivity contribution in [2.75, 3.05) is 25.1 Å². The molecule has 1 aliphatic heterocycles. The van der Waals surface area contributed by atoms with Crippen LogP contribution in [0.4, 0.5) is 5.82 Å². The van der Waals surface area contributed by atoms with Gasteiger partial charge in [0.05, 0.1) is 24.8 Å². The third kappa shape index (κ3) is 2.81. The number of aryl methyl sites for hydroxylation is 1. The summed E-state index contributed by atoms with van der Waals surface area (Å²) >= 11 is 0. The summed E-state index contributed by atoms with van der Waals surface area (Å²) in [6.45, 7) is 8.12.